The molecule has 0 saturated heterocycles. The molecule has 0 unspecified atom stereocenters. The summed E-state index contributed by atoms with van der Waals surface area (Å²) in [5, 5.41) is 4.52. The van der Waals surface area contributed by atoms with E-state index in [0.29, 0.717) is 12.1 Å². The Morgan fingerprint density at radius 3 is 2.55 bits per heavy atom. The maximum Gasteiger partial charge on any atom is 0.251 e. The number of nitrogens with one attached hydrogen (secondary N) is 2. The zero-order valence-corrected chi connectivity index (χ0v) is 13.4. The number of thiophene rings is 1. The fourth-order valence-electron chi connectivity index (χ4n) is 1.72. The lowest BCUT2D eigenvalue weighted by Gasteiger charge is -2.07. The van der Waals surface area contributed by atoms with Gasteiger partial charge in [-0.05, 0) is 35.7 Å². The Hall–Kier alpha value is -1.96. The summed E-state index contributed by atoms with van der Waals surface area (Å²) in [5.74, 6) is -0.268. The van der Waals surface area contributed by atoms with Crippen LogP contribution < -0.4 is 10.0 Å². The molecular formula is C15H16N2O3S2. The van der Waals surface area contributed by atoms with Gasteiger partial charge in [0.25, 0.3) is 5.91 Å². The Morgan fingerprint density at radius 2 is 1.95 bits per heavy atom. The van der Waals surface area contributed by atoms with Crippen LogP contribution in [0.25, 0.3) is 0 Å². The molecule has 0 fully saturated rings. The first-order valence-corrected chi connectivity index (χ1v) is 8.90. The number of carbonyl (C=O) groups excluding carboxylic acids is 1. The van der Waals surface area contributed by atoms with E-state index >= 15 is 0 Å². The van der Waals surface area contributed by atoms with Crippen molar-refractivity contribution in [2.45, 2.75) is 11.4 Å². The topological polar surface area (TPSA) is 75.3 Å². The Kier molecular flexibility index (Phi) is 5.48. The van der Waals surface area contributed by atoms with Gasteiger partial charge in [0, 0.05) is 23.5 Å². The summed E-state index contributed by atoms with van der Waals surface area (Å²) in [7, 11) is -3.59. The quantitative estimate of drug-likeness (QED) is 0.761. The van der Waals surface area contributed by atoms with E-state index in [-0.39, 0.29) is 17.3 Å². The minimum absolute atomic E-state index is 0.129. The van der Waals surface area contributed by atoms with Gasteiger partial charge in [0.05, 0.1) is 4.90 Å². The van der Waals surface area contributed by atoms with Crippen LogP contribution in [0.5, 0.6) is 0 Å². The van der Waals surface area contributed by atoms with E-state index in [1.165, 1.54) is 35.6 Å². The number of carbonyl (C=O) groups is 1. The zero-order chi connectivity index (χ0) is 16.0. The minimum Gasteiger partial charge on any atom is -0.349 e. The third-order valence-electron chi connectivity index (χ3n) is 2.85. The molecule has 0 atom stereocenters. The van der Waals surface area contributed by atoms with Crippen molar-refractivity contribution in [3.05, 3.63) is 64.9 Å². The third kappa shape index (κ3) is 4.27. The molecule has 1 heterocycles. The highest BCUT2D eigenvalue weighted by atomic mass is 32.2. The molecule has 1 aromatic heterocycles. The molecule has 0 aliphatic rings. The van der Waals surface area contributed by atoms with Crippen molar-refractivity contribution in [2.24, 2.45) is 0 Å². The molecule has 2 rings (SSSR count). The van der Waals surface area contributed by atoms with Crippen molar-refractivity contribution in [1.82, 2.24) is 10.0 Å². The number of sulfonamides is 1. The van der Waals surface area contributed by atoms with Gasteiger partial charge in [0.15, 0.2) is 0 Å². The first-order chi connectivity index (χ1) is 10.5. The van der Waals surface area contributed by atoms with Crippen LogP contribution in [-0.2, 0) is 16.6 Å². The molecule has 7 heteroatoms. The second-order valence-corrected chi connectivity index (χ2v) is 7.23. The van der Waals surface area contributed by atoms with Crippen LogP contribution in [0.4, 0.5) is 0 Å². The lowest BCUT2D eigenvalue weighted by molar-refractivity contribution is 0.0958. The Balaban J connectivity index is 2.05. The van der Waals surface area contributed by atoms with E-state index in [4.69, 9.17) is 0 Å². The van der Waals surface area contributed by atoms with Crippen LogP contribution >= 0.6 is 11.3 Å². The van der Waals surface area contributed by atoms with Crippen molar-refractivity contribution in [3.63, 3.8) is 0 Å². The molecule has 0 radical (unpaired) electrons. The van der Waals surface area contributed by atoms with E-state index in [1.54, 1.807) is 6.08 Å². The molecule has 1 amide bonds. The van der Waals surface area contributed by atoms with Crippen LogP contribution in [0.3, 0.4) is 0 Å². The average Bonchev–Trinajstić information content (AvgIpc) is 3.04. The molecule has 0 saturated carbocycles. The second kappa shape index (κ2) is 7.35. The normalized spacial score (nSPS) is 11.1. The van der Waals surface area contributed by atoms with E-state index in [1.807, 2.05) is 17.5 Å². The van der Waals surface area contributed by atoms with Crippen LogP contribution in [0, 0.1) is 0 Å². The number of hydrogen-bond acceptors (Lipinski definition) is 4. The molecule has 0 bridgehead atoms. The first kappa shape index (κ1) is 16.4. The predicted molar refractivity (Wildman–Crippen MR) is 87.3 cm³/mol. The summed E-state index contributed by atoms with van der Waals surface area (Å²) in [6, 6.07) is 9.53. The van der Waals surface area contributed by atoms with Crippen molar-refractivity contribution >= 4 is 27.3 Å². The molecule has 0 spiro atoms. The SMILES string of the molecule is C=CCNC(=O)c1ccc(S(=O)(=O)NCc2cccs2)cc1. The highest BCUT2D eigenvalue weighted by Crippen LogP contribution is 2.13. The van der Waals surface area contributed by atoms with Gasteiger partial charge in [-0.3, -0.25) is 4.79 Å². The lowest BCUT2D eigenvalue weighted by Crippen LogP contribution is -2.24. The molecule has 0 aliphatic heterocycles. The van der Waals surface area contributed by atoms with Gasteiger partial charge in [-0.1, -0.05) is 12.1 Å². The maximum absolute atomic E-state index is 12.2. The van der Waals surface area contributed by atoms with Crippen LogP contribution in [0.2, 0.25) is 0 Å². The minimum atomic E-state index is -3.59. The van der Waals surface area contributed by atoms with Gasteiger partial charge < -0.3 is 5.32 Å². The van der Waals surface area contributed by atoms with Gasteiger partial charge in [-0.15, -0.1) is 17.9 Å². The fraction of sp³-hybridized carbons (Fsp3) is 0.133. The monoisotopic (exact) mass is 336 g/mol. The first-order valence-electron chi connectivity index (χ1n) is 6.54. The molecular weight excluding hydrogens is 320 g/mol. The number of rotatable bonds is 7. The van der Waals surface area contributed by atoms with Crippen LogP contribution in [0.15, 0.2) is 59.3 Å². The summed E-state index contributed by atoms with van der Waals surface area (Å²) in [4.78, 5) is 12.8. The fourth-order valence-corrected chi connectivity index (χ4v) is 3.46. The number of amides is 1. The van der Waals surface area contributed by atoms with Gasteiger partial charge in [0.1, 0.15) is 0 Å². The second-order valence-electron chi connectivity index (χ2n) is 4.43. The smallest absolute Gasteiger partial charge is 0.251 e. The third-order valence-corrected chi connectivity index (χ3v) is 5.14. The van der Waals surface area contributed by atoms with E-state index in [9.17, 15) is 13.2 Å². The summed E-state index contributed by atoms with van der Waals surface area (Å²) in [5.41, 5.74) is 0.402. The van der Waals surface area contributed by atoms with Crippen molar-refractivity contribution in [3.8, 4) is 0 Å². The molecule has 5 nitrogen and oxygen atoms in total. The molecule has 2 N–H and O–H groups in total. The van der Waals surface area contributed by atoms with Crippen molar-refractivity contribution in [2.75, 3.05) is 6.54 Å². The molecule has 0 aliphatic carbocycles. The predicted octanol–water partition coefficient (Wildman–Crippen LogP) is 2.14. The highest BCUT2D eigenvalue weighted by molar-refractivity contribution is 7.89. The Bertz CT molecular complexity index is 736. The maximum atomic E-state index is 12.2. The van der Waals surface area contributed by atoms with Gasteiger partial charge in [-0.2, -0.15) is 0 Å². The summed E-state index contributed by atoms with van der Waals surface area (Å²) < 4.78 is 26.9. The van der Waals surface area contributed by atoms with Crippen LogP contribution in [-0.4, -0.2) is 20.9 Å². The Labute approximate surface area is 133 Å². The van der Waals surface area contributed by atoms with Gasteiger partial charge in [0.2, 0.25) is 10.0 Å². The number of benzene rings is 1. The standard InChI is InChI=1S/C15H16N2O3S2/c1-2-9-16-15(18)12-5-7-14(8-6-12)22(19,20)17-11-13-4-3-10-21-13/h2-8,10,17H,1,9,11H2,(H,16,18). The average molecular weight is 336 g/mol. The van der Waals surface area contributed by atoms with Crippen molar-refractivity contribution in [1.29, 1.82) is 0 Å². The molecule has 116 valence electrons. The summed E-state index contributed by atoms with van der Waals surface area (Å²) in [6.07, 6.45) is 1.57. The van der Waals surface area contributed by atoms with E-state index in [0.717, 1.165) is 4.88 Å². The summed E-state index contributed by atoms with van der Waals surface area (Å²) >= 11 is 1.48. The molecule has 22 heavy (non-hydrogen) atoms. The highest BCUT2D eigenvalue weighted by Gasteiger charge is 2.14. The van der Waals surface area contributed by atoms with E-state index in [2.05, 4.69) is 16.6 Å². The molecule has 2 aromatic rings. The van der Waals surface area contributed by atoms with Gasteiger partial charge in [-0.25, -0.2) is 13.1 Å². The zero-order valence-electron chi connectivity index (χ0n) is 11.8. The Morgan fingerprint density at radius 1 is 1.23 bits per heavy atom. The van der Waals surface area contributed by atoms with Crippen LogP contribution in [0.1, 0.15) is 15.2 Å². The lowest BCUT2D eigenvalue weighted by atomic mass is 10.2. The summed E-state index contributed by atoms with van der Waals surface area (Å²) in [6.45, 7) is 4.13. The van der Waals surface area contributed by atoms with Crippen molar-refractivity contribution < 1.29 is 13.2 Å². The molecule has 1 aromatic carbocycles. The number of hydrogen-bond donors (Lipinski definition) is 2. The van der Waals surface area contributed by atoms with Gasteiger partial charge >= 0.3 is 0 Å². The van der Waals surface area contributed by atoms with E-state index < -0.39 is 10.0 Å². The largest absolute Gasteiger partial charge is 0.349 e.